The van der Waals surface area contributed by atoms with E-state index in [2.05, 4.69) is 10.3 Å². The summed E-state index contributed by atoms with van der Waals surface area (Å²) in [5.41, 5.74) is 0. The summed E-state index contributed by atoms with van der Waals surface area (Å²) in [4.78, 5) is 4.05. The number of hydrogen-bond acceptors (Lipinski definition) is 4. The lowest BCUT2D eigenvalue weighted by atomic mass is 10.4. The van der Waals surface area contributed by atoms with Crippen LogP contribution in [0.25, 0.3) is 0 Å². The number of aliphatic hydroxyl groups excluding tert-OH is 2. The van der Waals surface area contributed by atoms with Crippen molar-refractivity contribution in [3.8, 4) is 0 Å². The van der Waals surface area contributed by atoms with E-state index in [1.165, 1.54) is 0 Å². The Morgan fingerprint density at radius 1 is 1.69 bits per heavy atom. The molecule has 1 atom stereocenters. The molecular formula is C8H15N3O2. The molecule has 1 unspecified atom stereocenters. The number of nitrogens with zero attached hydrogens (tertiary/aromatic N) is 2. The molecule has 0 aromatic carbocycles. The van der Waals surface area contributed by atoms with Gasteiger partial charge in [0.25, 0.3) is 0 Å². The van der Waals surface area contributed by atoms with Gasteiger partial charge in [0.2, 0.25) is 5.95 Å². The zero-order valence-electron chi connectivity index (χ0n) is 7.64. The number of aromatic nitrogens is 2. The zero-order valence-corrected chi connectivity index (χ0v) is 7.64. The molecule has 1 rings (SSSR count). The van der Waals surface area contributed by atoms with Crippen molar-refractivity contribution in [3.05, 3.63) is 12.4 Å². The standard InChI is InChI=1S/C8H15N3O2/c1-2-11-4-3-9-8(11)10-5-7(13)6-12/h3-4,7,12-13H,2,5-6H2,1H3,(H,9,10). The Kier molecular flexibility index (Phi) is 3.72. The lowest BCUT2D eigenvalue weighted by molar-refractivity contribution is 0.105. The number of rotatable bonds is 5. The Morgan fingerprint density at radius 3 is 3.08 bits per heavy atom. The van der Waals surface area contributed by atoms with E-state index in [-0.39, 0.29) is 6.61 Å². The molecule has 5 nitrogen and oxygen atoms in total. The van der Waals surface area contributed by atoms with Crippen LogP contribution in [0.3, 0.4) is 0 Å². The molecule has 0 saturated carbocycles. The minimum atomic E-state index is -0.734. The molecule has 13 heavy (non-hydrogen) atoms. The van der Waals surface area contributed by atoms with Crippen molar-refractivity contribution in [2.24, 2.45) is 0 Å². The van der Waals surface area contributed by atoms with Crippen molar-refractivity contribution in [2.75, 3.05) is 18.5 Å². The summed E-state index contributed by atoms with van der Waals surface area (Å²) in [6.45, 7) is 2.92. The molecule has 0 aliphatic heterocycles. The molecule has 74 valence electrons. The maximum absolute atomic E-state index is 9.07. The van der Waals surface area contributed by atoms with E-state index in [1.54, 1.807) is 6.20 Å². The quantitative estimate of drug-likeness (QED) is 0.587. The van der Waals surface area contributed by atoms with Crippen molar-refractivity contribution in [3.63, 3.8) is 0 Å². The van der Waals surface area contributed by atoms with Crippen LogP contribution in [-0.4, -0.2) is 39.0 Å². The molecule has 0 bridgehead atoms. The highest BCUT2D eigenvalue weighted by atomic mass is 16.3. The van der Waals surface area contributed by atoms with Gasteiger partial charge in [-0.25, -0.2) is 4.98 Å². The van der Waals surface area contributed by atoms with Crippen LogP contribution < -0.4 is 5.32 Å². The fourth-order valence-electron chi connectivity index (χ4n) is 1.01. The smallest absolute Gasteiger partial charge is 0.202 e. The summed E-state index contributed by atoms with van der Waals surface area (Å²) < 4.78 is 1.92. The third-order valence-corrected chi connectivity index (χ3v) is 1.76. The first-order valence-electron chi connectivity index (χ1n) is 4.31. The van der Waals surface area contributed by atoms with Crippen LogP contribution in [0, 0.1) is 0 Å². The number of nitrogens with one attached hydrogen (secondary N) is 1. The van der Waals surface area contributed by atoms with Crippen molar-refractivity contribution < 1.29 is 10.2 Å². The summed E-state index contributed by atoms with van der Waals surface area (Å²) in [5, 5.41) is 20.6. The largest absolute Gasteiger partial charge is 0.394 e. The van der Waals surface area contributed by atoms with Gasteiger partial charge >= 0.3 is 0 Å². The maximum Gasteiger partial charge on any atom is 0.202 e. The van der Waals surface area contributed by atoms with Gasteiger partial charge in [-0.1, -0.05) is 0 Å². The van der Waals surface area contributed by atoms with Gasteiger partial charge in [-0.2, -0.15) is 0 Å². The molecule has 3 N–H and O–H groups in total. The van der Waals surface area contributed by atoms with E-state index >= 15 is 0 Å². The minimum absolute atomic E-state index is 0.236. The Bertz CT molecular complexity index is 249. The van der Waals surface area contributed by atoms with Crippen LogP contribution in [0.2, 0.25) is 0 Å². The van der Waals surface area contributed by atoms with Crippen LogP contribution in [0.5, 0.6) is 0 Å². The fraction of sp³-hybridized carbons (Fsp3) is 0.625. The first kappa shape index (κ1) is 10.0. The van der Waals surface area contributed by atoms with Crippen molar-refractivity contribution in [2.45, 2.75) is 19.6 Å². The highest BCUT2D eigenvalue weighted by Gasteiger charge is 2.04. The second kappa shape index (κ2) is 4.84. The highest BCUT2D eigenvalue weighted by molar-refractivity contribution is 5.25. The summed E-state index contributed by atoms with van der Waals surface area (Å²) >= 11 is 0. The number of hydrogen-bond donors (Lipinski definition) is 3. The van der Waals surface area contributed by atoms with Crippen LogP contribution in [0.1, 0.15) is 6.92 Å². The summed E-state index contributed by atoms with van der Waals surface area (Å²) in [6.07, 6.45) is 2.81. The number of aryl methyl sites for hydroxylation is 1. The van der Waals surface area contributed by atoms with Gasteiger partial charge in [0, 0.05) is 25.5 Å². The molecule has 0 saturated heterocycles. The Morgan fingerprint density at radius 2 is 2.46 bits per heavy atom. The molecule has 0 spiro atoms. The van der Waals surface area contributed by atoms with E-state index in [9.17, 15) is 0 Å². The molecule has 5 heteroatoms. The van der Waals surface area contributed by atoms with Gasteiger partial charge in [-0.15, -0.1) is 0 Å². The van der Waals surface area contributed by atoms with E-state index in [1.807, 2.05) is 17.7 Å². The summed E-state index contributed by atoms with van der Waals surface area (Å²) in [6, 6.07) is 0. The second-order valence-electron chi connectivity index (χ2n) is 2.75. The molecule has 0 aliphatic rings. The zero-order chi connectivity index (χ0) is 9.68. The first-order chi connectivity index (χ1) is 6.27. The lowest BCUT2D eigenvalue weighted by Crippen LogP contribution is -2.24. The molecule has 0 radical (unpaired) electrons. The summed E-state index contributed by atoms with van der Waals surface area (Å²) in [5.74, 6) is 0.718. The Labute approximate surface area is 77.0 Å². The van der Waals surface area contributed by atoms with Crippen LogP contribution in [0.15, 0.2) is 12.4 Å². The summed E-state index contributed by atoms with van der Waals surface area (Å²) in [7, 11) is 0. The highest BCUT2D eigenvalue weighted by Crippen LogP contribution is 2.03. The molecule has 1 heterocycles. The third-order valence-electron chi connectivity index (χ3n) is 1.76. The second-order valence-corrected chi connectivity index (χ2v) is 2.75. The van der Waals surface area contributed by atoms with Gasteiger partial charge < -0.3 is 20.1 Å². The van der Waals surface area contributed by atoms with E-state index in [0.717, 1.165) is 12.5 Å². The predicted molar refractivity (Wildman–Crippen MR) is 49.5 cm³/mol. The van der Waals surface area contributed by atoms with Crippen LogP contribution in [0.4, 0.5) is 5.95 Å². The molecule has 0 aliphatic carbocycles. The molecule has 1 aromatic heterocycles. The lowest BCUT2D eigenvalue weighted by Gasteiger charge is -2.10. The SMILES string of the molecule is CCn1ccnc1NCC(O)CO. The van der Waals surface area contributed by atoms with E-state index < -0.39 is 6.10 Å². The molecule has 0 fully saturated rings. The Balaban J connectivity index is 2.44. The average molecular weight is 185 g/mol. The topological polar surface area (TPSA) is 70.3 Å². The monoisotopic (exact) mass is 185 g/mol. The molecular weight excluding hydrogens is 170 g/mol. The van der Waals surface area contributed by atoms with Crippen molar-refractivity contribution in [1.82, 2.24) is 9.55 Å². The normalized spacial score (nSPS) is 12.8. The fourth-order valence-corrected chi connectivity index (χ4v) is 1.01. The Hall–Kier alpha value is -1.07. The third kappa shape index (κ3) is 2.71. The average Bonchev–Trinajstić information content (AvgIpc) is 2.61. The van der Waals surface area contributed by atoms with Crippen molar-refractivity contribution >= 4 is 5.95 Å². The van der Waals surface area contributed by atoms with Gasteiger partial charge in [0.15, 0.2) is 0 Å². The van der Waals surface area contributed by atoms with Gasteiger partial charge in [-0.3, -0.25) is 0 Å². The maximum atomic E-state index is 9.07. The van der Waals surface area contributed by atoms with Crippen LogP contribution in [-0.2, 0) is 6.54 Å². The van der Waals surface area contributed by atoms with Crippen LogP contribution >= 0.6 is 0 Å². The molecule has 1 aromatic rings. The van der Waals surface area contributed by atoms with E-state index in [0.29, 0.717) is 6.54 Å². The predicted octanol–water partition coefficient (Wildman–Crippen LogP) is -0.332. The number of imidazole rings is 1. The van der Waals surface area contributed by atoms with Crippen molar-refractivity contribution in [1.29, 1.82) is 0 Å². The minimum Gasteiger partial charge on any atom is -0.394 e. The number of aliphatic hydroxyl groups is 2. The molecule has 0 amide bonds. The number of anilines is 1. The van der Waals surface area contributed by atoms with E-state index in [4.69, 9.17) is 10.2 Å². The van der Waals surface area contributed by atoms with Gasteiger partial charge in [-0.05, 0) is 6.92 Å². The van der Waals surface area contributed by atoms with Gasteiger partial charge in [0.05, 0.1) is 12.7 Å². The first-order valence-corrected chi connectivity index (χ1v) is 4.31. The van der Waals surface area contributed by atoms with Gasteiger partial charge in [0.1, 0.15) is 0 Å².